The van der Waals surface area contributed by atoms with Gasteiger partial charge >= 0.3 is 6.09 Å². The van der Waals surface area contributed by atoms with Gasteiger partial charge in [-0.15, -0.1) is 0 Å². The molecule has 0 radical (unpaired) electrons. The number of rotatable bonds is 5. The van der Waals surface area contributed by atoms with E-state index < -0.39 is 17.5 Å². The maximum Gasteiger partial charge on any atom is 0.407 e. The highest BCUT2D eigenvalue weighted by Gasteiger charge is 2.32. The number of hydrogen-bond acceptors (Lipinski definition) is 5. The fourth-order valence-electron chi connectivity index (χ4n) is 3.30. The molecule has 1 aliphatic rings. The van der Waals surface area contributed by atoms with E-state index in [2.05, 4.69) is 15.6 Å². The van der Waals surface area contributed by atoms with Gasteiger partial charge in [0, 0.05) is 36.3 Å². The highest BCUT2D eigenvalue weighted by Crippen LogP contribution is 2.34. The molecular weight excluding hydrogens is 407 g/mol. The molecule has 1 aromatic heterocycles. The molecule has 1 heterocycles. The standard InChI is InChI=1S/C21H27FN4O3S/c1-21(2,3)29-20(28)24-15-7-5-13(11-15)18(27)25-16-12-14(22)6-8-17(16)30-19-23-9-10-26(19)4/h6,8-10,12-13,15H,5,7,11H2,1-4H3,(H,24,28)(H,25,27)/t13-,15+/m0/s1. The van der Waals surface area contributed by atoms with Crippen LogP contribution in [0.3, 0.4) is 0 Å². The number of benzene rings is 1. The van der Waals surface area contributed by atoms with Gasteiger partial charge in [-0.25, -0.2) is 14.2 Å². The largest absolute Gasteiger partial charge is 0.444 e. The van der Waals surface area contributed by atoms with Crippen LogP contribution in [0.5, 0.6) is 0 Å². The van der Waals surface area contributed by atoms with Crippen LogP contribution in [0.2, 0.25) is 0 Å². The molecule has 0 aliphatic heterocycles. The van der Waals surface area contributed by atoms with Crippen LogP contribution >= 0.6 is 11.8 Å². The fourth-order valence-corrected chi connectivity index (χ4v) is 4.17. The predicted octanol–water partition coefficient (Wildman–Crippen LogP) is 4.34. The van der Waals surface area contributed by atoms with E-state index in [1.165, 1.54) is 23.9 Å². The molecule has 0 spiro atoms. The molecule has 2 atom stereocenters. The Hall–Kier alpha value is -2.55. The van der Waals surface area contributed by atoms with Crippen molar-refractivity contribution in [3.8, 4) is 0 Å². The Bertz CT molecular complexity index is 925. The molecule has 1 aliphatic carbocycles. The Labute approximate surface area is 179 Å². The minimum atomic E-state index is -0.571. The van der Waals surface area contributed by atoms with Gasteiger partial charge < -0.3 is 19.9 Å². The molecule has 0 unspecified atom stereocenters. The number of anilines is 1. The lowest BCUT2D eigenvalue weighted by atomic mass is 10.1. The second-order valence-corrected chi connectivity index (χ2v) is 9.41. The Morgan fingerprint density at radius 3 is 2.73 bits per heavy atom. The van der Waals surface area contributed by atoms with Crippen molar-refractivity contribution in [1.29, 1.82) is 0 Å². The summed E-state index contributed by atoms with van der Waals surface area (Å²) in [6, 6.07) is 4.18. The highest BCUT2D eigenvalue weighted by atomic mass is 32.2. The number of nitrogens with zero attached hydrogens (tertiary/aromatic N) is 2. The third kappa shape index (κ3) is 5.98. The van der Waals surface area contributed by atoms with Gasteiger partial charge in [-0.3, -0.25) is 4.79 Å². The number of hydrogen-bond donors (Lipinski definition) is 2. The number of ether oxygens (including phenoxy) is 1. The zero-order valence-electron chi connectivity index (χ0n) is 17.6. The van der Waals surface area contributed by atoms with Crippen molar-refractivity contribution in [1.82, 2.24) is 14.9 Å². The monoisotopic (exact) mass is 434 g/mol. The Morgan fingerprint density at radius 2 is 2.07 bits per heavy atom. The number of aryl methyl sites for hydroxylation is 1. The number of carbonyl (C=O) groups excluding carboxylic acids is 2. The van der Waals surface area contributed by atoms with Gasteiger partial charge in [0.05, 0.1) is 5.69 Å². The Morgan fingerprint density at radius 1 is 1.30 bits per heavy atom. The number of imidazole rings is 1. The van der Waals surface area contributed by atoms with Crippen LogP contribution in [0.15, 0.2) is 40.6 Å². The van der Waals surface area contributed by atoms with Crippen LogP contribution in [0.4, 0.5) is 14.9 Å². The number of nitrogens with one attached hydrogen (secondary N) is 2. The van der Waals surface area contributed by atoms with Gasteiger partial charge in [0.15, 0.2) is 5.16 Å². The second-order valence-electron chi connectivity index (χ2n) is 8.41. The summed E-state index contributed by atoms with van der Waals surface area (Å²) in [4.78, 5) is 29.7. The number of amides is 2. The molecule has 1 saturated carbocycles. The molecule has 0 bridgehead atoms. The summed E-state index contributed by atoms with van der Waals surface area (Å²) in [6.45, 7) is 5.41. The van der Waals surface area contributed by atoms with Crippen LogP contribution in [0.1, 0.15) is 40.0 Å². The zero-order chi connectivity index (χ0) is 21.9. The van der Waals surface area contributed by atoms with Crippen molar-refractivity contribution in [3.63, 3.8) is 0 Å². The van der Waals surface area contributed by atoms with Crippen LogP contribution in [0, 0.1) is 11.7 Å². The smallest absolute Gasteiger partial charge is 0.407 e. The van der Waals surface area contributed by atoms with Gasteiger partial charge in [0.2, 0.25) is 5.91 Å². The third-order valence-electron chi connectivity index (χ3n) is 4.70. The van der Waals surface area contributed by atoms with Crippen molar-refractivity contribution < 1.29 is 18.7 Å². The summed E-state index contributed by atoms with van der Waals surface area (Å²) in [5, 5.41) is 6.42. The van der Waals surface area contributed by atoms with Crippen LogP contribution in [-0.4, -0.2) is 33.2 Å². The molecule has 162 valence electrons. The predicted molar refractivity (Wildman–Crippen MR) is 113 cm³/mol. The van der Waals surface area contributed by atoms with Gasteiger partial charge in [0.1, 0.15) is 11.4 Å². The number of carbonyl (C=O) groups is 2. The number of halogens is 1. The van der Waals surface area contributed by atoms with E-state index in [9.17, 15) is 14.0 Å². The minimum Gasteiger partial charge on any atom is -0.444 e. The molecule has 1 aromatic carbocycles. The van der Waals surface area contributed by atoms with Gasteiger partial charge in [-0.05, 0) is 70.0 Å². The van der Waals surface area contributed by atoms with Crippen molar-refractivity contribution in [2.24, 2.45) is 13.0 Å². The zero-order valence-corrected chi connectivity index (χ0v) is 18.4. The molecule has 9 heteroatoms. The normalized spacial score (nSPS) is 18.8. The molecule has 2 N–H and O–H groups in total. The summed E-state index contributed by atoms with van der Waals surface area (Å²) in [6.07, 6.45) is 4.87. The lowest BCUT2D eigenvalue weighted by Gasteiger charge is -2.21. The van der Waals surface area contributed by atoms with Crippen molar-refractivity contribution in [2.45, 2.75) is 61.7 Å². The summed E-state index contributed by atoms with van der Waals surface area (Å²) in [5.41, 5.74) is -0.158. The van der Waals surface area contributed by atoms with E-state index in [0.717, 1.165) is 5.16 Å². The first-order chi connectivity index (χ1) is 14.1. The van der Waals surface area contributed by atoms with Gasteiger partial charge in [-0.2, -0.15) is 0 Å². The molecule has 0 saturated heterocycles. The highest BCUT2D eigenvalue weighted by molar-refractivity contribution is 7.99. The molecule has 3 rings (SSSR count). The molecule has 2 aromatic rings. The van der Waals surface area contributed by atoms with E-state index in [0.29, 0.717) is 29.8 Å². The number of aromatic nitrogens is 2. The summed E-state index contributed by atoms with van der Waals surface area (Å²) in [7, 11) is 1.87. The van der Waals surface area contributed by atoms with Crippen LogP contribution in [-0.2, 0) is 16.6 Å². The molecule has 30 heavy (non-hydrogen) atoms. The molecular formula is C21H27FN4O3S. The molecule has 7 nitrogen and oxygen atoms in total. The fraction of sp³-hybridized carbons (Fsp3) is 0.476. The SMILES string of the molecule is Cn1ccnc1Sc1ccc(F)cc1NC(=O)[C@H]1CC[C@@H](NC(=O)OC(C)(C)C)C1. The quantitative estimate of drug-likeness (QED) is 0.731. The number of alkyl carbamates (subject to hydrolysis) is 1. The maximum absolute atomic E-state index is 13.8. The lowest BCUT2D eigenvalue weighted by molar-refractivity contribution is -0.119. The third-order valence-corrected chi connectivity index (χ3v) is 5.85. The lowest BCUT2D eigenvalue weighted by Crippen LogP contribution is -2.38. The minimum absolute atomic E-state index is 0.121. The molecule has 1 fully saturated rings. The van der Waals surface area contributed by atoms with Crippen LogP contribution < -0.4 is 10.6 Å². The maximum atomic E-state index is 13.8. The second kappa shape index (κ2) is 9.07. The Balaban J connectivity index is 1.62. The first-order valence-electron chi connectivity index (χ1n) is 9.86. The van der Waals surface area contributed by atoms with E-state index >= 15 is 0 Å². The van der Waals surface area contributed by atoms with E-state index in [-0.39, 0.29) is 17.9 Å². The van der Waals surface area contributed by atoms with Crippen molar-refractivity contribution >= 4 is 29.4 Å². The van der Waals surface area contributed by atoms with E-state index in [1.54, 1.807) is 33.0 Å². The first kappa shape index (κ1) is 22.1. The van der Waals surface area contributed by atoms with E-state index in [4.69, 9.17) is 4.74 Å². The van der Waals surface area contributed by atoms with Gasteiger partial charge in [0.25, 0.3) is 0 Å². The average molecular weight is 435 g/mol. The van der Waals surface area contributed by atoms with Crippen LogP contribution in [0.25, 0.3) is 0 Å². The topological polar surface area (TPSA) is 85.3 Å². The van der Waals surface area contributed by atoms with Crippen molar-refractivity contribution in [3.05, 3.63) is 36.4 Å². The first-order valence-corrected chi connectivity index (χ1v) is 10.7. The summed E-state index contributed by atoms with van der Waals surface area (Å²) >= 11 is 1.35. The van der Waals surface area contributed by atoms with Gasteiger partial charge in [-0.1, -0.05) is 0 Å². The summed E-state index contributed by atoms with van der Waals surface area (Å²) in [5.74, 6) is -0.875. The van der Waals surface area contributed by atoms with E-state index in [1.807, 2.05) is 17.8 Å². The Kier molecular flexibility index (Phi) is 6.70. The molecule has 2 amide bonds. The summed E-state index contributed by atoms with van der Waals surface area (Å²) < 4.78 is 21.0. The van der Waals surface area contributed by atoms with Crippen molar-refractivity contribution in [2.75, 3.05) is 5.32 Å². The average Bonchev–Trinajstić information content (AvgIpc) is 3.25.